The Morgan fingerprint density at radius 1 is 1.31 bits per heavy atom. The van der Waals surface area contributed by atoms with Crippen molar-refractivity contribution in [3.05, 3.63) is 76.4 Å². The number of likely N-dealkylation sites (N-methyl/N-ethyl adjacent to an activating group) is 1. The Bertz CT molecular complexity index is 867. The average molecular weight is 355 g/mol. The first kappa shape index (κ1) is 19.5. The van der Waals surface area contributed by atoms with E-state index < -0.39 is 11.5 Å². The van der Waals surface area contributed by atoms with Gasteiger partial charge in [-0.25, -0.2) is 0 Å². The number of hydrogen-bond donors (Lipinski definition) is 4. The molecular formula is C20H25N3O3. The second kappa shape index (κ2) is 9.03. The Hall–Kier alpha value is -2.83. The van der Waals surface area contributed by atoms with Crippen molar-refractivity contribution < 1.29 is 10.2 Å². The highest BCUT2D eigenvalue weighted by Crippen LogP contribution is 2.23. The summed E-state index contributed by atoms with van der Waals surface area (Å²) in [6.45, 7) is 2.33. The molecule has 0 radical (unpaired) electrons. The van der Waals surface area contributed by atoms with Gasteiger partial charge in [0.15, 0.2) is 5.75 Å². The Labute approximate surface area is 153 Å². The number of aromatic hydroxyl groups is 1. The fraction of sp³-hybridized carbons (Fsp3) is 0.250. The van der Waals surface area contributed by atoms with E-state index >= 15 is 0 Å². The lowest BCUT2D eigenvalue weighted by atomic mass is 10.0. The molecule has 1 aromatic carbocycles. The van der Waals surface area contributed by atoms with E-state index in [1.54, 1.807) is 11.5 Å². The van der Waals surface area contributed by atoms with Crippen LogP contribution in [-0.4, -0.2) is 35.4 Å². The summed E-state index contributed by atoms with van der Waals surface area (Å²) >= 11 is 0. The van der Waals surface area contributed by atoms with E-state index in [9.17, 15) is 15.0 Å². The Balaban J connectivity index is 2.54. The van der Waals surface area contributed by atoms with E-state index in [1.165, 1.54) is 12.3 Å². The third kappa shape index (κ3) is 4.62. The van der Waals surface area contributed by atoms with Crippen LogP contribution in [0.25, 0.3) is 11.3 Å². The van der Waals surface area contributed by atoms with Gasteiger partial charge < -0.3 is 25.4 Å². The van der Waals surface area contributed by atoms with Crippen LogP contribution >= 0.6 is 0 Å². The Kier molecular flexibility index (Phi) is 6.77. The van der Waals surface area contributed by atoms with Gasteiger partial charge in [0.05, 0.1) is 18.0 Å². The van der Waals surface area contributed by atoms with Crippen molar-refractivity contribution in [1.29, 1.82) is 0 Å². The number of aliphatic hydroxyl groups is 1. The van der Waals surface area contributed by atoms with Crippen molar-refractivity contribution in [3.63, 3.8) is 0 Å². The number of aliphatic hydroxyl groups excluding tert-OH is 1. The maximum Gasteiger partial charge on any atom is 0.223 e. The topological polar surface area (TPSA) is 86.5 Å². The maximum atomic E-state index is 11.7. The molecule has 2 aromatic rings. The predicted octanol–water partition coefficient (Wildman–Crippen LogP) is 1.93. The minimum atomic E-state index is -0.852. The fourth-order valence-electron chi connectivity index (χ4n) is 2.61. The van der Waals surface area contributed by atoms with E-state index in [0.717, 1.165) is 23.4 Å². The van der Waals surface area contributed by atoms with Crippen LogP contribution in [-0.2, 0) is 0 Å². The Morgan fingerprint density at radius 2 is 2.08 bits per heavy atom. The quantitative estimate of drug-likeness (QED) is 0.570. The summed E-state index contributed by atoms with van der Waals surface area (Å²) in [5.41, 5.74) is 2.57. The van der Waals surface area contributed by atoms with Gasteiger partial charge in [0.25, 0.3) is 0 Å². The van der Waals surface area contributed by atoms with Gasteiger partial charge in [-0.3, -0.25) is 4.79 Å². The maximum absolute atomic E-state index is 11.7. The van der Waals surface area contributed by atoms with Gasteiger partial charge in [-0.05, 0) is 37.2 Å². The first-order valence-corrected chi connectivity index (χ1v) is 8.41. The minimum Gasteiger partial charge on any atom is -0.503 e. The molecule has 0 fully saturated rings. The number of hydrogen-bond acceptors (Lipinski definition) is 5. The third-order valence-electron chi connectivity index (χ3n) is 3.87. The molecular weight excluding hydrogens is 330 g/mol. The van der Waals surface area contributed by atoms with Gasteiger partial charge in [0, 0.05) is 31.5 Å². The van der Waals surface area contributed by atoms with E-state index in [2.05, 4.69) is 10.6 Å². The van der Waals surface area contributed by atoms with Gasteiger partial charge in [0.1, 0.15) is 0 Å². The number of nitrogens with one attached hydrogen (secondary N) is 2. The third-order valence-corrected chi connectivity index (χ3v) is 3.87. The van der Waals surface area contributed by atoms with Gasteiger partial charge in [-0.15, -0.1) is 0 Å². The molecule has 0 bridgehead atoms. The van der Waals surface area contributed by atoms with E-state index in [4.69, 9.17) is 0 Å². The predicted molar refractivity (Wildman–Crippen MR) is 104 cm³/mol. The lowest BCUT2D eigenvalue weighted by Crippen LogP contribution is -2.13. The lowest BCUT2D eigenvalue weighted by molar-refractivity contribution is 0.191. The van der Waals surface area contributed by atoms with Crippen molar-refractivity contribution in [2.75, 3.05) is 20.6 Å². The van der Waals surface area contributed by atoms with Crippen LogP contribution in [0.2, 0.25) is 0 Å². The zero-order valence-corrected chi connectivity index (χ0v) is 15.2. The SMILES string of the molecule is CN/C=C(\C=C/CNC)c1cccc(-n2cc(O)c(=O)cc2C(C)O)c1. The van der Waals surface area contributed by atoms with Crippen LogP contribution in [0.5, 0.6) is 5.75 Å². The molecule has 1 atom stereocenters. The highest BCUT2D eigenvalue weighted by Gasteiger charge is 2.12. The molecule has 0 aliphatic carbocycles. The molecule has 26 heavy (non-hydrogen) atoms. The van der Waals surface area contributed by atoms with Crippen molar-refractivity contribution >= 4 is 5.57 Å². The van der Waals surface area contributed by atoms with Gasteiger partial charge >= 0.3 is 0 Å². The van der Waals surface area contributed by atoms with Crippen LogP contribution in [0.1, 0.15) is 24.3 Å². The average Bonchev–Trinajstić information content (AvgIpc) is 2.63. The number of aromatic nitrogens is 1. The summed E-state index contributed by atoms with van der Waals surface area (Å²) in [6, 6.07) is 8.90. The minimum absolute atomic E-state index is 0.361. The van der Waals surface area contributed by atoms with Crippen molar-refractivity contribution in [3.8, 4) is 11.4 Å². The number of allylic oxidation sites excluding steroid dienone is 2. The van der Waals surface area contributed by atoms with Crippen LogP contribution in [0.4, 0.5) is 0 Å². The van der Waals surface area contributed by atoms with Gasteiger partial charge in [-0.1, -0.05) is 24.3 Å². The van der Waals surface area contributed by atoms with Gasteiger partial charge in [-0.2, -0.15) is 0 Å². The number of benzene rings is 1. The zero-order valence-electron chi connectivity index (χ0n) is 15.2. The van der Waals surface area contributed by atoms with Crippen molar-refractivity contribution in [2.45, 2.75) is 13.0 Å². The summed E-state index contributed by atoms with van der Waals surface area (Å²) in [7, 11) is 3.72. The first-order chi connectivity index (χ1) is 12.5. The molecule has 0 spiro atoms. The van der Waals surface area contributed by atoms with E-state index in [-0.39, 0.29) is 5.75 Å². The van der Waals surface area contributed by atoms with Crippen molar-refractivity contribution in [2.24, 2.45) is 0 Å². The molecule has 1 heterocycles. The summed E-state index contributed by atoms with van der Waals surface area (Å²) in [5, 5.41) is 25.9. The normalized spacial score (nSPS) is 13.2. The van der Waals surface area contributed by atoms with Crippen LogP contribution < -0.4 is 16.1 Å². The molecule has 4 N–H and O–H groups in total. The second-order valence-corrected chi connectivity index (χ2v) is 5.89. The van der Waals surface area contributed by atoms with E-state index in [1.807, 2.05) is 56.7 Å². The fourth-order valence-corrected chi connectivity index (χ4v) is 2.61. The molecule has 0 aliphatic heterocycles. The number of pyridine rings is 1. The Morgan fingerprint density at radius 3 is 2.73 bits per heavy atom. The highest BCUT2D eigenvalue weighted by molar-refractivity contribution is 5.75. The zero-order chi connectivity index (χ0) is 19.1. The molecule has 6 nitrogen and oxygen atoms in total. The molecule has 1 unspecified atom stereocenters. The molecule has 1 aromatic heterocycles. The number of rotatable bonds is 7. The molecule has 0 amide bonds. The summed E-state index contributed by atoms with van der Waals surface area (Å²) < 4.78 is 1.62. The standard InChI is InChI=1S/C20H25N3O3/c1-14(24)18-11-19(25)20(26)13-23(18)17-8-4-6-15(10-17)16(12-22-3)7-5-9-21-2/h4-8,10-14,21-22,24,26H,9H2,1-3H3/b7-5-,16-12+. The van der Waals surface area contributed by atoms with Crippen molar-refractivity contribution in [1.82, 2.24) is 15.2 Å². The van der Waals surface area contributed by atoms with E-state index in [0.29, 0.717) is 5.69 Å². The monoisotopic (exact) mass is 355 g/mol. The van der Waals surface area contributed by atoms with Crippen LogP contribution in [0, 0.1) is 0 Å². The summed E-state index contributed by atoms with van der Waals surface area (Å²) in [4.78, 5) is 11.7. The molecule has 0 saturated heterocycles. The largest absolute Gasteiger partial charge is 0.503 e. The second-order valence-electron chi connectivity index (χ2n) is 5.89. The summed E-state index contributed by atoms with van der Waals surface area (Å²) in [6.07, 6.45) is 6.40. The highest BCUT2D eigenvalue weighted by atomic mass is 16.3. The number of nitrogens with zero attached hydrogens (tertiary/aromatic N) is 1. The first-order valence-electron chi connectivity index (χ1n) is 8.41. The lowest BCUT2D eigenvalue weighted by Gasteiger charge is -2.17. The smallest absolute Gasteiger partial charge is 0.223 e. The molecule has 2 rings (SSSR count). The molecule has 0 aliphatic rings. The summed E-state index contributed by atoms with van der Waals surface area (Å²) in [5.74, 6) is -0.361. The van der Waals surface area contributed by atoms with Gasteiger partial charge in [0.2, 0.25) is 5.43 Å². The molecule has 138 valence electrons. The van der Waals surface area contributed by atoms with Crippen LogP contribution in [0.15, 0.2) is 59.7 Å². The molecule has 0 saturated carbocycles. The van der Waals surface area contributed by atoms with Crippen LogP contribution in [0.3, 0.4) is 0 Å². The molecule has 6 heteroatoms.